The highest BCUT2D eigenvalue weighted by Crippen LogP contribution is 2.58. The van der Waals surface area contributed by atoms with Crippen molar-refractivity contribution in [1.82, 2.24) is 19.5 Å². The Morgan fingerprint density at radius 2 is 0.855 bits per heavy atom. The molecular formula is C58H38N4. The molecule has 2 aromatic heterocycles. The zero-order valence-electron chi connectivity index (χ0n) is 33.7. The molecule has 9 aromatic carbocycles. The molecule has 62 heavy (non-hydrogen) atoms. The molecule has 0 saturated heterocycles. The number of benzene rings is 9. The van der Waals surface area contributed by atoms with Crippen molar-refractivity contribution in [2.75, 3.05) is 0 Å². The highest BCUT2D eigenvalue weighted by Gasteiger charge is 2.47. The molecule has 0 N–H and O–H groups in total. The van der Waals surface area contributed by atoms with Crippen molar-refractivity contribution in [3.05, 3.63) is 253 Å². The van der Waals surface area contributed by atoms with Gasteiger partial charge in [0.05, 0.1) is 16.4 Å². The van der Waals surface area contributed by atoms with Gasteiger partial charge in [-0.05, 0) is 63.2 Å². The van der Waals surface area contributed by atoms with Crippen molar-refractivity contribution >= 4 is 21.8 Å². The van der Waals surface area contributed by atoms with E-state index in [0.29, 0.717) is 17.5 Å². The van der Waals surface area contributed by atoms with Crippen LogP contribution >= 0.6 is 0 Å². The van der Waals surface area contributed by atoms with Gasteiger partial charge in [-0.2, -0.15) is 0 Å². The molecule has 2 heterocycles. The predicted octanol–water partition coefficient (Wildman–Crippen LogP) is 14.0. The largest absolute Gasteiger partial charge is 0.309 e. The first kappa shape index (κ1) is 35.7. The van der Waals surface area contributed by atoms with Gasteiger partial charge in [0.15, 0.2) is 17.5 Å². The van der Waals surface area contributed by atoms with Crippen molar-refractivity contribution < 1.29 is 0 Å². The monoisotopic (exact) mass is 790 g/mol. The number of fused-ring (bicyclic) bond motifs is 7. The fourth-order valence-electron chi connectivity index (χ4n) is 9.85. The smallest absolute Gasteiger partial charge is 0.164 e. The van der Waals surface area contributed by atoms with Crippen molar-refractivity contribution in [2.45, 2.75) is 5.41 Å². The van der Waals surface area contributed by atoms with Gasteiger partial charge >= 0.3 is 0 Å². The molecule has 0 spiro atoms. The summed E-state index contributed by atoms with van der Waals surface area (Å²) in [5.41, 5.74) is 15.4. The van der Waals surface area contributed by atoms with Crippen LogP contribution in [0.3, 0.4) is 0 Å². The van der Waals surface area contributed by atoms with Crippen LogP contribution in [0.2, 0.25) is 0 Å². The summed E-state index contributed by atoms with van der Waals surface area (Å²) in [6.07, 6.45) is 0. The molecule has 0 unspecified atom stereocenters. The first-order chi connectivity index (χ1) is 30.8. The SMILES string of the molecule is c1ccc(-c2cccc(-c3nc(-c4ccccc4)nc(-c4cccc(-n5c6ccccc6c6ccc7c(c65)-c5ccccc5C7(c5ccccc5)c5ccccc5)c4)n3)c2)cc1. The highest BCUT2D eigenvalue weighted by atomic mass is 15.0. The first-order valence-corrected chi connectivity index (χ1v) is 21.1. The van der Waals surface area contributed by atoms with Gasteiger partial charge in [0, 0.05) is 38.7 Å². The van der Waals surface area contributed by atoms with E-state index in [2.05, 4.69) is 211 Å². The fourth-order valence-corrected chi connectivity index (χ4v) is 9.85. The second kappa shape index (κ2) is 14.5. The van der Waals surface area contributed by atoms with E-state index in [4.69, 9.17) is 15.0 Å². The van der Waals surface area contributed by atoms with E-state index in [9.17, 15) is 0 Å². The van der Waals surface area contributed by atoms with E-state index in [1.54, 1.807) is 0 Å². The van der Waals surface area contributed by atoms with Gasteiger partial charge in [-0.1, -0.05) is 206 Å². The number of rotatable bonds is 7. The maximum Gasteiger partial charge on any atom is 0.164 e. The minimum Gasteiger partial charge on any atom is -0.309 e. The number of para-hydroxylation sites is 1. The van der Waals surface area contributed by atoms with Gasteiger partial charge in [-0.15, -0.1) is 0 Å². The topological polar surface area (TPSA) is 43.6 Å². The molecule has 0 amide bonds. The molecule has 1 aliphatic rings. The molecule has 4 nitrogen and oxygen atoms in total. The number of aromatic nitrogens is 4. The predicted molar refractivity (Wildman–Crippen MR) is 253 cm³/mol. The second-order valence-electron chi connectivity index (χ2n) is 15.9. The summed E-state index contributed by atoms with van der Waals surface area (Å²) in [4.78, 5) is 15.5. The Hall–Kier alpha value is -8.21. The molecule has 0 atom stereocenters. The van der Waals surface area contributed by atoms with Gasteiger partial charge in [0.2, 0.25) is 0 Å². The minimum absolute atomic E-state index is 0.515. The van der Waals surface area contributed by atoms with Crippen LogP contribution in [0.15, 0.2) is 231 Å². The Balaban J connectivity index is 1.10. The van der Waals surface area contributed by atoms with E-state index in [1.165, 1.54) is 49.7 Å². The quantitative estimate of drug-likeness (QED) is 0.161. The van der Waals surface area contributed by atoms with Crippen LogP contribution in [0.25, 0.3) is 83.9 Å². The number of nitrogens with zero attached hydrogens (tertiary/aromatic N) is 4. The van der Waals surface area contributed by atoms with Crippen LogP contribution in [0.1, 0.15) is 22.3 Å². The van der Waals surface area contributed by atoms with Crippen LogP contribution in [-0.2, 0) is 5.41 Å². The van der Waals surface area contributed by atoms with Crippen molar-refractivity contribution in [1.29, 1.82) is 0 Å². The Labute approximate surface area is 360 Å². The van der Waals surface area contributed by atoms with Crippen LogP contribution in [-0.4, -0.2) is 19.5 Å². The number of hydrogen-bond acceptors (Lipinski definition) is 3. The average Bonchev–Trinajstić information content (AvgIpc) is 3.86. The lowest BCUT2D eigenvalue weighted by Crippen LogP contribution is -2.28. The summed E-state index contributed by atoms with van der Waals surface area (Å²) in [6.45, 7) is 0. The molecule has 0 aliphatic heterocycles. The zero-order valence-corrected chi connectivity index (χ0v) is 33.7. The third-order valence-electron chi connectivity index (χ3n) is 12.5. The van der Waals surface area contributed by atoms with Gasteiger partial charge in [0.25, 0.3) is 0 Å². The van der Waals surface area contributed by atoms with E-state index < -0.39 is 5.41 Å². The molecular weight excluding hydrogens is 753 g/mol. The highest BCUT2D eigenvalue weighted by molar-refractivity contribution is 6.16. The molecule has 0 saturated carbocycles. The fraction of sp³-hybridized carbons (Fsp3) is 0.0172. The van der Waals surface area contributed by atoms with Gasteiger partial charge in [-0.25, -0.2) is 15.0 Å². The van der Waals surface area contributed by atoms with E-state index in [0.717, 1.165) is 39.0 Å². The molecule has 11 aromatic rings. The summed E-state index contributed by atoms with van der Waals surface area (Å²) in [7, 11) is 0. The summed E-state index contributed by atoms with van der Waals surface area (Å²) >= 11 is 0. The van der Waals surface area contributed by atoms with E-state index >= 15 is 0 Å². The molecule has 0 fully saturated rings. The molecule has 12 rings (SSSR count). The Morgan fingerprint density at radius 1 is 0.339 bits per heavy atom. The lowest BCUT2D eigenvalue weighted by Gasteiger charge is -2.33. The Bertz CT molecular complexity index is 3410. The molecule has 0 bridgehead atoms. The minimum atomic E-state index is -0.515. The van der Waals surface area contributed by atoms with Gasteiger partial charge < -0.3 is 4.57 Å². The molecule has 1 aliphatic carbocycles. The molecule has 290 valence electrons. The summed E-state index contributed by atoms with van der Waals surface area (Å²) < 4.78 is 2.46. The Morgan fingerprint density at radius 3 is 1.55 bits per heavy atom. The normalized spacial score (nSPS) is 12.6. The van der Waals surface area contributed by atoms with E-state index in [-0.39, 0.29) is 0 Å². The van der Waals surface area contributed by atoms with Gasteiger partial charge in [-0.3, -0.25) is 0 Å². The van der Waals surface area contributed by atoms with Crippen molar-refractivity contribution in [3.8, 4) is 62.1 Å². The maximum atomic E-state index is 5.22. The van der Waals surface area contributed by atoms with Gasteiger partial charge in [0.1, 0.15) is 0 Å². The lowest BCUT2D eigenvalue weighted by atomic mass is 9.67. The number of hydrogen-bond donors (Lipinski definition) is 0. The van der Waals surface area contributed by atoms with Crippen LogP contribution in [0.5, 0.6) is 0 Å². The zero-order chi connectivity index (χ0) is 41.0. The molecule has 4 heteroatoms. The van der Waals surface area contributed by atoms with Crippen LogP contribution < -0.4 is 0 Å². The van der Waals surface area contributed by atoms with Crippen LogP contribution in [0.4, 0.5) is 0 Å². The molecule has 0 radical (unpaired) electrons. The van der Waals surface area contributed by atoms with E-state index in [1.807, 2.05) is 24.3 Å². The third kappa shape index (κ3) is 5.58. The standard InChI is InChI=1S/C58H38N4/c1-5-19-39(20-6-1)41-23-17-24-42(37-41)56-59-55(40-21-7-2-8-22-40)60-57(61-56)43-25-18-30-46(38-43)62-52-34-16-14-31-47(52)48-35-36-51-53(54(48)62)49-32-13-15-33-50(49)58(51,44-26-9-3-10-27-44)45-28-11-4-12-29-45/h1-38H. The lowest BCUT2D eigenvalue weighted by molar-refractivity contribution is 0.769. The summed E-state index contributed by atoms with van der Waals surface area (Å²) in [5, 5.41) is 2.42. The van der Waals surface area contributed by atoms with Crippen molar-refractivity contribution in [3.63, 3.8) is 0 Å². The summed E-state index contributed by atoms with van der Waals surface area (Å²) in [6, 6.07) is 82.3. The second-order valence-corrected chi connectivity index (χ2v) is 15.9. The Kier molecular flexibility index (Phi) is 8.36. The maximum absolute atomic E-state index is 5.22. The third-order valence-corrected chi connectivity index (χ3v) is 12.5. The van der Waals surface area contributed by atoms with Crippen LogP contribution in [0, 0.1) is 0 Å². The van der Waals surface area contributed by atoms with Crippen molar-refractivity contribution in [2.24, 2.45) is 0 Å². The summed E-state index contributed by atoms with van der Waals surface area (Å²) in [5.74, 6) is 1.87. The first-order valence-electron chi connectivity index (χ1n) is 21.1. The average molecular weight is 791 g/mol.